The van der Waals surface area contributed by atoms with Gasteiger partial charge in [-0.05, 0) is 39.2 Å². The van der Waals surface area contributed by atoms with Gasteiger partial charge in [-0.3, -0.25) is 4.79 Å². The molecule has 0 aromatic heterocycles. The standard InChI is InChI=1S/C16H22FNO2/c1-16(2,13-8-3-4-9-14(13)17)15(19)18-11-12-7-5-6-10-20-12/h3-4,8-9,12H,5-7,10-11H2,1-2H3,(H,18,19). The predicted octanol–water partition coefficient (Wildman–Crippen LogP) is 2.79. The first-order valence-electron chi connectivity index (χ1n) is 7.16. The van der Waals surface area contributed by atoms with Crippen molar-refractivity contribution in [2.24, 2.45) is 0 Å². The highest BCUT2D eigenvalue weighted by Crippen LogP contribution is 2.26. The van der Waals surface area contributed by atoms with Crippen LogP contribution >= 0.6 is 0 Å². The summed E-state index contributed by atoms with van der Waals surface area (Å²) in [5.41, 5.74) is -0.470. The topological polar surface area (TPSA) is 38.3 Å². The summed E-state index contributed by atoms with van der Waals surface area (Å²) in [5.74, 6) is -0.515. The van der Waals surface area contributed by atoms with Gasteiger partial charge in [-0.1, -0.05) is 18.2 Å². The van der Waals surface area contributed by atoms with Crippen molar-refractivity contribution < 1.29 is 13.9 Å². The van der Waals surface area contributed by atoms with Crippen molar-refractivity contribution in [2.45, 2.75) is 44.6 Å². The van der Waals surface area contributed by atoms with E-state index in [-0.39, 0.29) is 17.8 Å². The van der Waals surface area contributed by atoms with Crippen LogP contribution in [0, 0.1) is 5.82 Å². The van der Waals surface area contributed by atoms with Gasteiger partial charge in [-0.25, -0.2) is 4.39 Å². The Balaban J connectivity index is 1.98. The van der Waals surface area contributed by atoms with Gasteiger partial charge < -0.3 is 10.1 Å². The number of nitrogens with one attached hydrogen (secondary N) is 1. The minimum Gasteiger partial charge on any atom is -0.376 e. The molecule has 1 aliphatic rings. The lowest BCUT2D eigenvalue weighted by Gasteiger charge is -2.27. The fourth-order valence-corrected chi connectivity index (χ4v) is 2.49. The van der Waals surface area contributed by atoms with E-state index >= 15 is 0 Å². The van der Waals surface area contributed by atoms with E-state index < -0.39 is 5.41 Å². The summed E-state index contributed by atoms with van der Waals surface area (Å²) in [6.45, 7) is 4.74. The second-order valence-electron chi connectivity index (χ2n) is 5.80. The van der Waals surface area contributed by atoms with Crippen molar-refractivity contribution in [2.75, 3.05) is 13.2 Å². The van der Waals surface area contributed by atoms with E-state index in [4.69, 9.17) is 4.74 Å². The van der Waals surface area contributed by atoms with E-state index in [0.29, 0.717) is 12.1 Å². The molecule has 1 unspecified atom stereocenters. The molecule has 1 N–H and O–H groups in total. The molecule has 0 saturated carbocycles. The molecule has 1 aromatic rings. The summed E-state index contributed by atoms with van der Waals surface area (Å²) in [6, 6.07) is 6.42. The second-order valence-corrected chi connectivity index (χ2v) is 5.80. The third kappa shape index (κ3) is 3.37. The molecular weight excluding hydrogens is 257 g/mol. The summed E-state index contributed by atoms with van der Waals surface area (Å²) >= 11 is 0. The van der Waals surface area contributed by atoms with Gasteiger partial charge in [0.2, 0.25) is 5.91 Å². The molecule has 1 aromatic carbocycles. The van der Waals surface area contributed by atoms with Crippen LogP contribution in [0.3, 0.4) is 0 Å². The van der Waals surface area contributed by atoms with Gasteiger partial charge >= 0.3 is 0 Å². The Morgan fingerprint density at radius 1 is 1.40 bits per heavy atom. The van der Waals surface area contributed by atoms with Gasteiger partial charge in [0.05, 0.1) is 11.5 Å². The van der Waals surface area contributed by atoms with E-state index in [0.717, 1.165) is 25.9 Å². The number of ether oxygens (including phenoxy) is 1. The van der Waals surface area contributed by atoms with Gasteiger partial charge in [0.15, 0.2) is 0 Å². The zero-order chi connectivity index (χ0) is 14.6. The van der Waals surface area contributed by atoms with Crippen LogP contribution in [-0.4, -0.2) is 25.2 Å². The first-order chi connectivity index (χ1) is 9.51. The molecule has 4 heteroatoms. The number of halogens is 1. The largest absolute Gasteiger partial charge is 0.376 e. The van der Waals surface area contributed by atoms with Crippen molar-refractivity contribution in [3.05, 3.63) is 35.6 Å². The summed E-state index contributed by atoms with van der Waals surface area (Å²) in [6.07, 6.45) is 3.28. The molecule has 1 fully saturated rings. The van der Waals surface area contributed by atoms with Crippen molar-refractivity contribution in [3.8, 4) is 0 Å². The van der Waals surface area contributed by atoms with Crippen molar-refractivity contribution in [3.63, 3.8) is 0 Å². The molecule has 1 atom stereocenters. The quantitative estimate of drug-likeness (QED) is 0.920. The lowest BCUT2D eigenvalue weighted by Crippen LogP contribution is -2.44. The molecule has 1 amide bonds. The highest BCUT2D eigenvalue weighted by atomic mass is 19.1. The number of hydrogen-bond acceptors (Lipinski definition) is 2. The molecule has 2 rings (SSSR count). The Morgan fingerprint density at radius 2 is 2.15 bits per heavy atom. The third-order valence-electron chi connectivity index (χ3n) is 3.88. The van der Waals surface area contributed by atoms with E-state index in [1.54, 1.807) is 32.0 Å². The molecule has 1 heterocycles. The predicted molar refractivity (Wildman–Crippen MR) is 76.0 cm³/mol. The number of amides is 1. The fourth-order valence-electron chi connectivity index (χ4n) is 2.49. The Labute approximate surface area is 119 Å². The maximum absolute atomic E-state index is 13.8. The maximum Gasteiger partial charge on any atom is 0.230 e. The number of hydrogen-bond donors (Lipinski definition) is 1. The maximum atomic E-state index is 13.8. The average Bonchev–Trinajstić information content (AvgIpc) is 2.46. The van der Waals surface area contributed by atoms with Crippen LogP contribution in [0.4, 0.5) is 4.39 Å². The summed E-state index contributed by atoms with van der Waals surface area (Å²) < 4.78 is 19.4. The first-order valence-corrected chi connectivity index (χ1v) is 7.16. The second kappa shape index (κ2) is 6.35. The van der Waals surface area contributed by atoms with Crippen molar-refractivity contribution >= 4 is 5.91 Å². The average molecular weight is 279 g/mol. The molecule has 1 saturated heterocycles. The van der Waals surface area contributed by atoms with Crippen LogP contribution in [0.2, 0.25) is 0 Å². The molecule has 0 aliphatic carbocycles. The number of carbonyl (C=O) groups excluding carboxylic acids is 1. The normalized spacial score (nSPS) is 19.6. The molecule has 0 radical (unpaired) electrons. The number of rotatable bonds is 4. The third-order valence-corrected chi connectivity index (χ3v) is 3.88. The van der Waals surface area contributed by atoms with Gasteiger partial charge in [0.1, 0.15) is 5.82 Å². The van der Waals surface area contributed by atoms with E-state index in [1.165, 1.54) is 6.07 Å². The molecule has 110 valence electrons. The molecule has 20 heavy (non-hydrogen) atoms. The highest BCUT2D eigenvalue weighted by molar-refractivity contribution is 5.87. The molecule has 1 aliphatic heterocycles. The van der Waals surface area contributed by atoms with Crippen LogP contribution in [0.15, 0.2) is 24.3 Å². The van der Waals surface area contributed by atoms with Crippen LogP contribution in [0.25, 0.3) is 0 Å². The highest BCUT2D eigenvalue weighted by Gasteiger charge is 2.32. The molecule has 0 spiro atoms. The van der Waals surface area contributed by atoms with Gasteiger partial charge in [0, 0.05) is 18.7 Å². The van der Waals surface area contributed by atoms with Crippen molar-refractivity contribution in [1.29, 1.82) is 0 Å². The molecular formula is C16H22FNO2. The fraction of sp³-hybridized carbons (Fsp3) is 0.562. The summed E-state index contributed by atoms with van der Waals surface area (Å²) in [7, 11) is 0. The minimum absolute atomic E-state index is 0.0871. The number of benzene rings is 1. The Morgan fingerprint density at radius 3 is 2.80 bits per heavy atom. The smallest absolute Gasteiger partial charge is 0.230 e. The molecule has 3 nitrogen and oxygen atoms in total. The monoisotopic (exact) mass is 279 g/mol. The van der Waals surface area contributed by atoms with Crippen LogP contribution in [0.5, 0.6) is 0 Å². The zero-order valence-electron chi connectivity index (χ0n) is 12.1. The lowest BCUT2D eigenvalue weighted by atomic mass is 9.83. The van der Waals surface area contributed by atoms with Crippen LogP contribution in [-0.2, 0) is 14.9 Å². The Hall–Kier alpha value is -1.42. The Kier molecular flexibility index (Phi) is 4.76. The minimum atomic E-state index is -0.889. The van der Waals surface area contributed by atoms with Crippen molar-refractivity contribution in [1.82, 2.24) is 5.32 Å². The van der Waals surface area contributed by atoms with Gasteiger partial charge in [0.25, 0.3) is 0 Å². The van der Waals surface area contributed by atoms with Crippen LogP contribution < -0.4 is 5.32 Å². The van der Waals surface area contributed by atoms with Gasteiger partial charge in [-0.2, -0.15) is 0 Å². The zero-order valence-corrected chi connectivity index (χ0v) is 12.1. The molecule has 0 bridgehead atoms. The lowest BCUT2D eigenvalue weighted by molar-refractivity contribution is -0.126. The summed E-state index contributed by atoms with van der Waals surface area (Å²) in [5, 5.41) is 2.89. The summed E-state index contributed by atoms with van der Waals surface area (Å²) in [4.78, 5) is 12.3. The van der Waals surface area contributed by atoms with Gasteiger partial charge in [-0.15, -0.1) is 0 Å². The first kappa shape index (κ1) is 15.0. The van der Waals surface area contributed by atoms with Crippen LogP contribution in [0.1, 0.15) is 38.7 Å². The van der Waals surface area contributed by atoms with E-state index in [9.17, 15) is 9.18 Å². The van der Waals surface area contributed by atoms with E-state index in [2.05, 4.69) is 5.32 Å². The van der Waals surface area contributed by atoms with E-state index in [1.807, 2.05) is 0 Å². The number of carbonyl (C=O) groups is 1. The SMILES string of the molecule is CC(C)(C(=O)NCC1CCCCO1)c1ccccc1F. The Bertz CT molecular complexity index is 467.